The normalized spacial score (nSPS) is 11.3. The van der Waals surface area contributed by atoms with Crippen molar-refractivity contribution in [1.82, 2.24) is 4.98 Å². The second-order valence-electron chi connectivity index (χ2n) is 3.83. The molecule has 2 aromatic rings. The lowest BCUT2D eigenvalue weighted by Crippen LogP contribution is -2.14. The topological polar surface area (TPSA) is 59.1 Å². The number of nitrogens with one attached hydrogen (secondary N) is 1. The molecule has 1 N–H and O–H groups in total. The van der Waals surface area contributed by atoms with E-state index in [9.17, 15) is 8.42 Å². The number of rotatable bonds is 3. The van der Waals surface area contributed by atoms with E-state index in [4.69, 9.17) is 23.2 Å². The van der Waals surface area contributed by atoms with Crippen LogP contribution in [0, 0.1) is 6.92 Å². The molecule has 0 aliphatic carbocycles. The standard InChI is InChI=1S/C12H10Cl2N2O2S/c1-8-10(13)3-2-4-11(8)16-19(17,18)9-5-6-15-12(14)7-9/h2-7,16H,1H3. The molecule has 0 fully saturated rings. The number of anilines is 1. The summed E-state index contributed by atoms with van der Waals surface area (Å²) in [5.41, 5.74) is 1.09. The van der Waals surface area contributed by atoms with Gasteiger partial charge in [0, 0.05) is 11.2 Å². The van der Waals surface area contributed by atoms with E-state index in [1.165, 1.54) is 18.3 Å². The fraction of sp³-hybridized carbons (Fsp3) is 0.0833. The Labute approximate surface area is 121 Å². The molecule has 0 atom stereocenters. The molecule has 7 heteroatoms. The molecule has 0 saturated carbocycles. The van der Waals surface area contributed by atoms with Gasteiger partial charge in [-0.1, -0.05) is 29.3 Å². The van der Waals surface area contributed by atoms with Crippen LogP contribution >= 0.6 is 23.2 Å². The third kappa shape index (κ3) is 3.18. The Hall–Kier alpha value is -1.30. The van der Waals surface area contributed by atoms with Crippen LogP contribution in [0.25, 0.3) is 0 Å². The Balaban J connectivity index is 2.39. The van der Waals surface area contributed by atoms with Gasteiger partial charge in [0.15, 0.2) is 0 Å². The minimum atomic E-state index is -3.71. The van der Waals surface area contributed by atoms with E-state index in [1.54, 1.807) is 25.1 Å². The number of hydrogen-bond donors (Lipinski definition) is 1. The van der Waals surface area contributed by atoms with Gasteiger partial charge in [-0.3, -0.25) is 4.72 Å². The van der Waals surface area contributed by atoms with Crippen molar-refractivity contribution in [2.45, 2.75) is 11.8 Å². The van der Waals surface area contributed by atoms with Gasteiger partial charge in [-0.25, -0.2) is 13.4 Å². The first-order valence-electron chi connectivity index (χ1n) is 5.29. The maximum Gasteiger partial charge on any atom is 0.262 e. The number of pyridine rings is 1. The Morgan fingerprint density at radius 3 is 2.63 bits per heavy atom. The molecular formula is C12H10Cl2N2O2S. The summed E-state index contributed by atoms with van der Waals surface area (Å²) in [6.07, 6.45) is 1.34. The first-order valence-corrected chi connectivity index (χ1v) is 7.53. The zero-order chi connectivity index (χ0) is 14.0. The van der Waals surface area contributed by atoms with Crippen molar-refractivity contribution >= 4 is 38.9 Å². The van der Waals surface area contributed by atoms with Crippen LogP contribution in [0.3, 0.4) is 0 Å². The maximum atomic E-state index is 12.2. The van der Waals surface area contributed by atoms with Gasteiger partial charge in [0.1, 0.15) is 5.15 Å². The van der Waals surface area contributed by atoms with Crippen LogP contribution in [-0.4, -0.2) is 13.4 Å². The van der Waals surface area contributed by atoms with E-state index in [0.29, 0.717) is 16.3 Å². The van der Waals surface area contributed by atoms with Crippen LogP contribution in [0.15, 0.2) is 41.4 Å². The van der Waals surface area contributed by atoms with Crippen molar-refractivity contribution in [3.05, 3.63) is 52.3 Å². The highest BCUT2D eigenvalue weighted by molar-refractivity contribution is 7.92. The molecule has 1 aromatic heterocycles. The van der Waals surface area contributed by atoms with E-state index in [2.05, 4.69) is 9.71 Å². The lowest BCUT2D eigenvalue weighted by molar-refractivity contribution is 0.601. The number of sulfonamides is 1. The second kappa shape index (κ2) is 5.36. The molecule has 4 nitrogen and oxygen atoms in total. The minimum Gasteiger partial charge on any atom is -0.279 e. The Morgan fingerprint density at radius 2 is 1.95 bits per heavy atom. The molecule has 100 valence electrons. The smallest absolute Gasteiger partial charge is 0.262 e. The van der Waals surface area contributed by atoms with Crippen molar-refractivity contribution < 1.29 is 8.42 Å². The number of nitrogens with zero attached hydrogens (tertiary/aromatic N) is 1. The van der Waals surface area contributed by atoms with Crippen molar-refractivity contribution in [3.63, 3.8) is 0 Å². The molecule has 1 aromatic carbocycles. The average Bonchev–Trinajstić information content (AvgIpc) is 2.35. The molecule has 19 heavy (non-hydrogen) atoms. The predicted molar refractivity (Wildman–Crippen MR) is 76.2 cm³/mol. The number of halogens is 2. The summed E-state index contributed by atoms with van der Waals surface area (Å²) < 4.78 is 26.8. The predicted octanol–water partition coefficient (Wildman–Crippen LogP) is 3.50. The fourth-order valence-corrected chi connectivity index (χ4v) is 3.02. The van der Waals surface area contributed by atoms with E-state index < -0.39 is 10.0 Å². The molecule has 0 spiro atoms. The third-order valence-corrected chi connectivity index (χ3v) is 4.50. The van der Waals surface area contributed by atoms with Crippen LogP contribution in [-0.2, 0) is 10.0 Å². The molecule has 0 radical (unpaired) electrons. The summed E-state index contributed by atoms with van der Waals surface area (Å²) in [5.74, 6) is 0. The molecule has 0 amide bonds. The van der Waals surface area contributed by atoms with Gasteiger partial charge in [0.2, 0.25) is 0 Å². The lowest BCUT2D eigenvalue weighted by atomic mass is 10.2. The highest BCUT2D eigenvalue weighted by Gasteiger charge is 2.16. The van der Waals surface area contributed by atoms with E-state index in [1.807, 2.05) is 0 Å². The zero-order valence-electron chi connectivity index (χ0n) is 9.89. The summed E-state index contributed by atoms with van der Waals surface area (Å²) in [7, 11) is -3.71. The maximum absolute atomic E-state index is 12.2. The first-order chi connectivity index (χ1) is 8.90. The highest BCUT2D eigenvalue weighted by Crippen LogP contribution is 2.25. The van der Waals surface area contributed by atoms with Crippen LogP contribution in [0.5, 0.6) is 0 Å². The monoisotopic (exact) mass is 316 g/mol. The second-order valence-corrected chi connectivity index (χ2v) is 6.31. The summed E-state index contributed by atoms with van der Waals surface area (Å²) in [6, 6.07) is 7.66. The minimum absolute atomic E-state index is 0.0480. The molecule has 1 heterocycles. The van der Waals surface area contributed by atoms with Crippen LogP contribution < -0.4 is 4.72 Å². The molecular weight excluding hydrogens is 307 g/mol. The van der Waals surface area contributed by atoms with Crippen molar-refractivity contribution in [1.29, 1.82) is 0 Å². The van der Waals surface area contributed by atoms with Gasteiger partial charge in [0.25, 0.3) is 10.0 Å². The Kier molecular flexibility index (Phi) is 3.99. The molecule has 2 rings (SSSR count). The van der Waals surface area contributed by atoms with Crippen molar-refractivity contribution in [2.24, 2.45) is 0 Å². The van der Waals surface area contributed by atoms with E-state index in [-0.39, 0.29) is 10.0 Å². The first kappa shape index (κ1) is 14.1. The van der Waals surface area contributed by atoms with Gasteiger partial charge in [0.05, 0.1) is 10.6 Å². The van der Waals surface area contributed by atoms with Gasteiger partial charge in [-0.05, 0) is 36.8 Å². The summed E-state index contributed by atoms with van der Waals surface area (Å²) in [5, 5.41) is 0.610. The number of aromatic nitrogens is 1. The van der Waals surface area contributed by atoms with Crippen LogP contribution in [0.1, 0.15) is 5.56 Å². The van der Waals surface area contributed by atoms with Crippen LogP contribution in [0.4, 0.5) is 5.69 Å². The van der Waals surface area contributed by atoms with Gasteiger partial charge < -0.3 is 0 Å². The van der Waals surface area contributed by atoms with E-state index in [0.717, 1.165) is 0 Å². The average molecular weight is 317 g/mol. The molecule has 0 bridgehead atoms. The van der Waals surface area contributed by atoms with Crippen molar-refractivity contribution in [3.8, 4) is 0 Å². The summed E-state index contributed by atoms with van der Waals surface area (Å²) >= 11 is 11.6. The van der Waals surface area contributed by atoms with Gasteiger partial charge >= 0.3 is 0 Å². The molecule has 0 aliphatic heterocycles. The SMILES string of the molecule is Cc1c(Cl)cccc1NS(=O)(=O)c1ccnc(Cl)c1. The third-order valence-electron chi connectivity index (χ3n) is 2.52. The molecule has 0 saturated heterocycles. The molecule has 0 aliphatic rings. The van der Waals surface area contributed by atoms with E-state index >= 15 is 0 Å². The largest absolute Gasteiger partial charge is 0.279 e. The Bertz CT molecular complexity index is 717. The van der Waals surface area contributed by atoms with Gasteiger partial charge in [-0.15, -0.1) is 0 Å². The number of benzene rings is 1. The quantitative estimate of drug-likeness (QED) is 0.882. The van der Waals surface area contributed by atoms with Crippen LogP contribution in [0.2, 0.25) is 10.2 Å². The number of hydrogen-bond acceptors (Lipinski definition) is 3. The lowest BCUT2D eigenvalue weighted by Gasteiger charge is -2.11. The van der Waals surface area contributed by atoms with Crippen molar-refractivity contribution in [2.75, 3.05) is 4.72 Å². The summed E-state index contributed by atoms with van der Waals surface area (Å²) in [6.45, 7) is 1.74. The van der Waals surface area contributed by atoms with Gasteiger partial charge in [-0.2, -0.15) is 0 Å². The zero-order valence-corrected chi connectivity index (χ0v) is 12.2. The Morgan fingerprint density at radius 1 is 1.21 bits per heavy atom. The summed E-state index contributed by atoms with van der Waals surface area (Å²) in [4.78, 5) is 3.79. The fourth-order valence-electron chi connectivity index (χ4n) is 1.47. The highest BCUT2D eigenvalue weighted by atomic mass is 35.5. The molecule has 0 unspecified atom stereocenters.